The predicted octanol–water partition coefficient (Wildman–Crippen LogP) is 4.59. The maximum Gasteiger partial charge on any atom is 0.416 e. The summed E-state index contributed by atoms with van der Waals surface area (Å²) >= 11 is 0. The molecule has 0 aromatic heterocycles. The van der Waals surface area contributed by atoms with Crippen molar-refractivity contribution in [2.45, 2.75) is 30.6 Å². The van der Waals surface area contributed by atoms with E-state index in [9.17, 15) is 39.6 Å². The zero-order valence-electron chi connectivity index (χ0n) is 16.5. The average molecular weight is 484 g/mol. The van der Waals surface area contributed by atoms with Crippen LogP contribution in [0.4, 0.5) is 32.0 Å². The molecule has 0 spiro atoms. The van der Waals surface area contributed by atoms with Gasteiger partial charge in [-0.15, -0.1) is 0 Å². The van der Waals surface area contributed by atoms with E-state index in [2.05, 4.69) is 0 Å². The lowest BCUT2D eigenvalue weighted by Crippen LogP contribution is -2.33. The van der Waals surface area contributed by atoms with Gasteiger partial charge in [-0.3, -0.25) is 9.52 Å². The van der Waals surface area contributed by atoms with Crippen LogP contribution in [0.15, 0.2) is 47.4 Å². The molecule has 0 bridgehead atoms. The van der Waals surface area contributed by atoms with Crippen molar-refractivity contribution in [3.8, 4) is 5.75 Å². The third-order valence-electron chi connectivity index (χ3n) is 3.87. The molecule has 2 aromatic carbocycles. The standard InChI is InChI=1S/C19H18F6N2O4S/c1-2-8-31-16-7-6-13(19(23,24)25)10-15(16)27-32(29,30)14-5-3-4-12(9-14)17(28)26-11-18(20,21)22/h3-7,9-10,27H,2,8,11H2,1H3,(H,26,28). The second-order valence-corrected chi connectivity index (χ2v) is 8.17. The van der Waals surface area contributed by atoms with Crippen molar-refractivity contribution in [1.29, 1.82) is 0 Å². The summed E-state index contributed by atoms with van der Waals surface area (Å²) in [6.07, 6.45) is -8.92. The van der Waals surface area contributed by atoms with Crippen LogP contribution in [-0.2, 0) is 16.2 Å². The molecule has 1 amide bonds. The molecule has 32 heavy (non-hydrogen) atoms. The van der Waals surface area contributed by atoms with Gasteiger partial charge in [-0.1, -0.05) is 13.0 Å². The lowest BCUT2D eigenvalue weighted by molar-refractivity contribution is -0.137. The summed E-state index contributed by atoms with van der Waals surface area (Å²) in [6, 6.07) is 6.29. The summed E-state index contributed by atoms with van der Waals surface area (Å²) in [5.41, 5.74) is -2.00. The fraction of sp³-hybridized carbons (Fsp3) is 0.316. The third kappa shape index (κ3) is 7.04. The molecule has 0 heterocycles. The number of benzene rings is 2. The Bertz CT molecular complexity index is 1070. The first-order chi connectivity index (χ1) is 14.7. The van der Waals surface area contributed by atoms with Crippen LogP contribution < -0.4 is 14.8 Å². The lowest BCUT2D eigenvalue weighted by atomic mass is 10.2. The van der Waals surface area contributed by atoms with E-state index in [1.165, 1.54) is 0 Å². The first-order valence-corrected chi connectivity index (χ1v) is 10.5. The Hall–Kier alpha value is -2.96. The Morgan fingerprint density at radius 1 is 1.03 bits per heavy atom. The summed E-state index contributed by atoms with van der Waals surface area (Å²) < 4.78 is 109. The van der Waals surface area contributed by atoms with Gasteiger partial charge in [-0.25, -0.2) is 8.42 Å². The van der Waals surface area contributed by atoms with Crippen LogP contribution in [0.1, 0.15) is 29.3 Å². The number of nitrogens with one attached hydrogen (secondary N) is 2. The number of hydrogen-bond acceptors (Lipinski definition) is 4. The molecule has 0 fully saturated rings. The van der Waals surface area contributed by atoms with Crippen molar-refractivity contribution in [3.05, 3.63) is 53.6 Å². The molecule has 2 rings (SSSR count). The molecule has 0 radical (unpaired) electrons. The Labute approximate surface area is 179 Å². The quantitative estimate of drug-likeness (QED) is 0.537. The normalized spacial score (nSPS) is 12.3. The van der Waals surface area contributed by atoms with Gasteiger partial charge in [0.05, 0.1) is 22.8 Å². The highest BCUT2D eigenvalue weighted by Gasteiger charge is 2.32. The van der Waals surface area contributed by atoms with Gasteiger partial charge >= 0.3 is 12.4 Å². The first kappa shape index (κ1) is 25.3. The van der Waals surface area contributed by atoms with Gasteiger partial charge in [0, 0.05) is 5.56 Å². The Morgan fingerprint density at radius 3 is 2.31 bits per heavy atom. The van der Waals surface area contributed by atoms with E-state index in [-0.39, 0.29) is 17.9 Å². The molecule has 2 N–H and O–H groups in total. The largest absolute Gasteiger partial charge is 0.491 e. The van der Waals surface area contributed by atoms with Gasteiger partial charge < -0.3 is 10.1 Å². The van der Waals surface area contributed by atoms with E-state index in [1.807, 2.05) is 4.72 Å². The second kappa shape index (κ2) is 9.67. The molecule has 0 saturated carbocycles. The summed E-state index contributed by atoms with van der Waals surface area (Å²) in [5.74, 6) is -1.33. The third-order valence-corrected chi connectivity index (χ3v) is 5.23. The number of ether oxygens (including phenoxy) is 1. The minimum absolute atomic E-state index is 0.106. The number of alkyl halides is 6. The zero-order chi connectivity index (χ0) is 24.2. The van der Waals surface area contributed by atoms with Crippen molar-refractivity contribution in [2.24, 2.45) is 0 Å². The SMILES string of the molecule is CCCOc1ccc(C(F)(F)F)cc1NS(=O)(=O)c1cccc(C(=O)NCC(F)(F)F)c1. The van der Waals surface area contributed by atoms with Gasteiger partial charge in [0.1, 0.15) is 12.3 Å². The molecular weight excluding hydrogens is 466 g/mol. The number of rotatable bonds is 8. The van der Waals surface area contributed by atoms with Crippen LogP contribution in [0.2, 0.25) is 0 Å². The van der Waals surface area contributed by atoms with Crippen LogP contribution in [-0.4, -0.2) is 33.7 Å². The number of carbonyl (C=O) groups is 1. The van der Waals surface area contributed by atoms with E-state index in [0.717, 1.165) is 36.4 Å². The fourth-order valence-electron chi connectivity index (χ4n) is 2.41. The van der Waals surface area contributed by atoms with Crippen LogP contribution in [0, 0.1) is 0 Å². The highest BCUT2D eigenvalue weighted by atomic mass is 32.2. The number of sulfonamides is 1. The fourth-order valence-corrected chi connectivity index (χ4v) is 3.52. The van der Waals surface area contributed by atoms with Crippen molar-refractivity contribution < 1.29 is 44.3 Å². The number of carbonyl (C=O) groups excluding carboxylic acids is 1. The summed E-state index contributed by atoms with van der Waals surface area (Å²) in [6.45, 7) is 0.224. The van der Waals surface area contributed by atoms with Crippen molar-refractivity contribution in [2.75, 3.05) is 17.9 Å². The van der Waals surface area contributed by atoms with Crippen molar-refractivity contribution >= 4 is 21.6 Å². The van der Waals surface area contributed by atoms with Crippen molar-refractivity contribution in [3.63, 3.8) is 0 Å². The maximum absolute atomic E-state index is 13.1. The molecule has 0 aliphatic heterocycles. The van der Waals surface area contributed by atoms with E-state index in [4.69, 9.17) is 4.74 Å². The van der Waals surface area contributed by atoms with E-state index >= 15 is 0 Å². The van der Waals surface area contributed by atoms with Crippen LogP contribution in [0.5, 0.6) is 5.75 Å². The van der Waals surface area contributed by atoms with E-state index < -0.39 is 51.0 Å². The number of amides is 1. The smallest absolute Gasteiger partial charge is 0.416 e. The van der Waals surface area contributed by atoms with Gasteiger partial charge in [0.2, 0.25) is 0 Å². The summed E-state index contributed by atoms with van der Waals surface area (Å²) in [5, 5.41) is 1.60. The molecule has 176 valence electrons. The predicted molar refractivity (Wildman–Crippen MR) is 103 cm³/mol. The summed E-state index contributed by atoms with van der Waals surface area (Å²) in [7, 11) is -4.52. The summed E-state index contributed by atoms with van der Waals surface area (Å²) in [4.78, 5) is 11.3. The minimum Gasteiger partial charge on any atom is -0.491 e. The van der Waals surface area contributed by atoms with Crippen LogP contribution >= 0.6 is 0 Å². The highest BCUT2D eigenvalue weighted by Crippen LogP contribution is 2.36. The van der Waals surface area contributed by atoms with Crippen LogP contribution in [0.3, 0.4) is 0 Å². The molecule has 13 heteroatoms. The van der Waals surface area contributed by atoms with Gasteiger partial charge in [-0.05, 0) is 42.8 Å². The van der Waals surface area contributed by atoms with Gasteiger partial charge in [0.15, 0.2) is 0 Å². The van der Waals surface area contributed by atoms with E-state index in [1.54, 1.807) is 12.2 Å². The second-order valence-electron chi connectivity index (χ2n) is 6.49. The highest BCUT2D eigenvalue weighted by molar-refractivity contribution is 7.92. The molecule has 0 aliphatic carbocycles. The first-order valence-electron chi connectivity index (χ1n) is 9.05. The Balaban J connectivity index is 2.36. The molecule has 0 unspecified atom stereocenters. The molecule has 2 aromatic rings. The number of halogens is 6. The monoisotopic (exact) mass is 484 g/mol. The number of hydrogen-bond donors (Lipinski definition) is 2. The lowest BCUT2D eigenvalue weighted by Gasteiger charge is -2.16. The Kier molecular flexibility index (Phi) is 7.65. The molecule has 0 atom stereocenters. The molecule has 0 saturated heterocycles. The van der Waals surface area contributed by atoms with Crippen LogP contribution in [0.25, 0.3) is 0 Å². The topological polar surface area (TPSA) is 84.5 Å². The minimum atomic E-state index is -4.75. The van der Waals surface area contributed by atoms with Gasteiger partial charge in [0.25, 0.3) is 15.9 Å². The van der Waals surface area contributed by atoms with E-state index in [0.29, 0.717) is 12.5 Å². The molecular formula is C19H18F6N2O4S. The van der Waals surface area contributed by atoms with Crippen molar-refractivity contribution in [1.82, 2.24) is 5.32 Å². The molecule has 6 nitrogen and oxygen atoms in total. The van der Waals surface area contributed by atoms with Gasteiger partial charge in [-0.2, -0.15) is 26.3 Å². The Morgan fingerprint density at radius 2 is 1.72 bits per heavy atom. The molecule has 0 aliphatic rings. The average Bonchev–Trinajstić information content (AvgIpc) is 2.69. The number of anilines is 1. The maximum atomic E-state index is 13.1. The zero-order valence-corrected chi connectivity index (χ0v) is 17.3.